The Kier molecular flexibility index (Phi) is 5.78. The van der Waals surface area contributed by atoms with Crippen LogP contribution in [0.15, 0.2) is 11.4 Å². The number of nitrogens with zero attached hydrogens (tertiary/aromatic N) is 2. The molecule has 2 rings (SSSR count). The second kappa shape index (κ2) is 7.59. The third-order valence-electron chi connectivity index (χ3n) is 3.29. The molecule has 0 saturated carbocycles. The van der Waals surface area contributed by atoms with E-state index in [-0.39, 0.29) is 22.4 Å². The Bertz CT molecular complexity index is 575. The van der Waals surface area contributed by atoms with Gasteiger partial charge in [-0.1, -0.05) is 24.7 Å². The predicted octanol–water partition coefficient (Wildman–Crippen LogP) is 2.09. The zero-order valence-electron chi connectivity index (χ0n) is 12.1. The summed E-state index contributed by atoms with van der Waals surface area (Å²) in [5.41, 5.74) is 0.269. The molecular weight excluding hydrogens is 326 g/mol. The molecule has 1 aromatic heterocycles. The van der Waals surface area contributed by atoms with E-state index >= 15 is 0 Å². The number of nitrogens with one attached hydrogen (secondary N) is 1. The first kappa shape index (κ1) is 16.8. The van der Waals surface area contributed by atoms with Crippen LogP contribution in [0.4, 0.5) is 5.00 Å². The number of unbranched alkanes of at least 4 members (excludes halogenated alkanes) is 1. The molecule has 0 aliphatic carbocycles. The Labute approximate surface area is 136 Å². The molecule has 2 amide bonds. The van der Waals surface area contributed by atoms with Crippen LogP contribution in [0.1, 0.15) is 30.1 Å². The van der Waals surface area contributed by atoms with Gasteiger partial charge < -0.3 is 10.2 Å². The first-order chi connectivity index (χ1) is 10.5. The average Bonchev–Trinajstić information content (AvgIpc) is 3.16. The van der Waals surface area contributed by atoms with Crippen LogP contribution in [0.3, 0.4) is 0 Å². The summed E-state index contributed by atoms with van der Waals surface area (Å²) in [6.07, 6.45) is 1.89. The van der Waals surface area contributed by atoms with Gasteiger partial charge in [0, 0.05) is 23.7 Å². The molecule has 9 heteroatoms. The van der Waals surface area contributed by atoms with Crippen LogP contribution in [-0.4, -0.2) is 45.9 Å². The molecule has 1 fully saturated rings. The van der Waals surface area contributed by atoms with Crippen molar-refractivity contribution in [3.05, 3.63) is 27.1 Å². The molecule has 1 aliphatic heterocycles. The van der Waals surface area contributed by atoms with Crippen molar-refractivity contribution in [1.29, 1.82) is 0 Å². The summed E-state index contributed by atoms with van der Waals surface area (Å²) >= 11 is 2.43. The van der Waals surface area contributed by atoms with E-state index < -0.39 is 11.0 Å². The quantitative estimate of drug-likeness (QED) is 0.485. The molecule has 7 nitrogen and oxygen atoms in total. The molecule has 1 atom stereocenters. The second-order valence-electron chi connectivity index (χ2n) is 4.87. The van der Waals surface area contributed by atoms with Gasteiger partial charge in [-0.2, -0.15) is 0 Å². The average molecular weight is 343 g/mol. The smallest absolute Gasteiger partial charge is 0.324 e. The molecule has 0 unspecified atom stereocenters. The molecule has 22 heavy (non-hydrogen) atoms. The number of thiophene rings is 1. The summed E-state index contributed by atoms with van der Waals surface area (Å²) in [6.45, 7) is 2.64. The standard InChI is InChI=1S/C13H17N3O4S2/c1-2-3-4-14-12(17)10-7-21-8-15(10)13(18)9-5-11(16(19)20)22-6-9/h5-6,10H,2-4,7-8H2,1H3,(H,14,17)/t10-/m0/s1. The lowest BCUT2D eigenvalue weighted by Crippen LogP contribution is -2.47. The molecule has 1 saturated heterocycles. The minimum atomic E-state index is -0.519. The Hall–Kier alpha value is -1.61. The third-order valence-corrected chi connectivity index (χ3v) is 5.18. The van der Waals surface area contributed by atoms with Gasteiger partial charge >= 0.3 is 5.00 Å². The number of carbonyl (C=O) groups is 2. The van der Waals surface area contributed by atoms with Gasteiger partial charge in [-0.25, -0.2) is 0 Å². The van der Waals surface area contributed by atoms with Gasteiger partial charge in [-0.05, 0) is 6.42 Å². The van der Waals surface area contributed by atoms with Crippen LogP contribution in [0.2, 0.25) is 0 Å². The zero-order valence-corrected chi connectivity index (χ0v) is 13.7. The maximum Gasteiger partial charge on any atom is 0.324 e. The summed E-state index contributed by atoms with van der Waals surface area (Å²) in [5, 5.41) is 14.9. The van der Waals surface area contributed by atoms with Crippen LogP contribution in [0.5, 0.6) is 0 Å². The molecule has 0 spiro atoms. The van der Waals surface area contributed by atoms with Gasteiger partial charge in [0.05, 0.1) is 16.4 Å². The van der Waals surface area contributed by atoms with Crippen molar-refractivity contribution < 1.29 is 14.5 Å². The zero-order chi connectivity index (χ0) is 16.1. The van der Waals surface area contributed by atoms with Crippen molar-refractivity contribution >= 4 is 39.9 Å². The summed E-state index contributed by atoms with van der Waals surface area (Å²) < 4.78 is 0. The SMILES string of the molecule is CCCCNC(=O)[C@@H]1CSCN1C(=O)c1csc([N+](=O)[O-])c1. The molecule has 0 radical (unpaired) electrons. The number of rotatable bonds is 6. The number of amides is 2. The van der Waals surface area contributed by atoms with Gasteiger partial charge in [0.1, 0.15) is 6.04 Å². The fraction of sp³-hybridized carbons (Fsp3) is 0.538. The molecule has 0 aromatic carbocycles. The molecule has 0 bridgehead atoms. The Balaban J connectivity index is 2.04. The van der Waals surface area contributed by atoms with E-state index in [0.717, 1.165) is 24.2 Å². The first-order valence-electron chi connectivity index (χ1n) is 6.94. The lowest BCUT2D eigenvalue weighted by molar-refractivity contribution is -0.380. The number of thioether (sulfide) groups is 1. The van der Waals surface area contributed by atoms with Crippen LogP contribution in [0, 0.1) is 10.1 Å². The number of carbonyl (C=O) groups excluding carboxylic acids is 2. The van der Waals surface area contributed by atoms with Crippen molar-refractivity contribution in [2.24, 2.45) is 0 Å². The van der Waals surface area contributed by atoms with E-state index in [0.29, 0.717) is 18.2 Å². The second-order valence-corrected chi connectivity index (χ2v) is 6.76. The first-order valence-corrected chi connectivity index (χ1v) is 8.97. The van der Waals surface area contributed by atoms with Gasteiger partial charge in [0.25, 0.3) is 5.91 Å². The fourth-order valence-electron chi connectivity index (χ4n) is 2.06. The summed E-state index contributed by atoms with van der Waals surface area (Å²) in [4.78, 5) is 36.3. The normalized spacial score (nSPS) is 17.5. The Morgan fingerprint density at radius 2 is 2.32 bits per heavy atom. The highest BCUT2D eigenvalue weighted by molar-refractivity contribution is 7.99. The topological polar surface area (TPSA) is 92.6 Å². The van der Waals surface area contributed by atoms with Crippen LogP contribution in [0.25, 0.3) is 0 Å². The van der Waals surface area contributed by atoms with Crippen molar-refractivity contribution in [2.75, 3.05) is 18.2 Å². The number of hydrogen-bond donors (Lipinski definition) is 1. The van der Waals surface area contributed by atoms with Crippen molar-refractivity contribution in [2.45, 2.75) is 25.8 Å². The number of nitro groups is 1. The molecule has 2 heterocycles. The van der Waals surface area contributed by atoms with Crippen molar-refractivity contribution in [1.82, 2.24) is 10.2 Å². The molecule has 1 aliphatic rings. The van der Waals surface area contributed by atoms with Gasteiger partial charge in [-0.15, -0.1) is 11.8 Å². The fourth-order valence-corrected chi connectivity index (χ4v) is 3.92. The molecule has 120 valence electrons. The van der Waals surface area contributed by atoms with Gasteiger partial charge in [0.2, 0.25) is 5.91 Å². The van der Waals surface area contributed by atoms with Crippen LogP contribution >= 0.6 is 23.1 Å². The third kappa shape index (κ3) is 3.77. The maximum atomic E-state index is 12.4. The van der Waals surface area contributed by atoms with Gasteiger partial charge in [-0.3, -0.25) is 19.7 Å². The minimum absolute atomic E-state index is 0.0702. The lowest BCUT2D eigenvalue weighted by Gasteiger charge is -2.22. The van der Waals surface area contributed by atoms with Gasteiger partial charge in [0.15, 0.2) is 0 Å². The monoisotopic (exact) mass is 343 g/mol. The highest BCUT2D eigenvalue weighted by atomic mass is 32.2. The van der Waals surface area contributed by atoms with E-state index in [9.17, 15) is 19.7 Å². The molecular formula is C13H17N3O4S2. The van der Waals surface area contributed by atoms with Crippen LogP contribution < -0.4 is 5.32 Å². The maximum absolute atomic E-state index is 12.4. The van der Waals surface area contributed by atoms with E-state index in [1.807, 2.05) is 6.92 Å². The highest BCUT2D eigenvalue weighted by Gasteiger charge is 2.35. The van der Waals surface area contributed by atoms with E-state index in [1.54, 1.807) is 0 Å². The summed E-state index contributed by atoms with van der Waals surface area (Å²) in [5.74, 6) is 0.492. The van der Waals surface area contributed by atoms with Crippen molar-refractivity contribution in [3.8, 4) is 0 Å². The Morgan fingerprint density at radius 3 is 2.95 bits per heavy atom. The Morgan fingerprint density at radius 1 is 1.55 bits per heavy atom. The molecule has 1 aromatic rings. The highest BCUT2D eigenvalue weighted by Crippen LogP contribution is 2.27. The predicted molar refractivity (Wildman–Crippen MR) is 86.2 cm³/mol. The van der Waals surface area contributed by atoms with E-state index in [2.05, 4.69) is 5.32 Å². The summed E-state index contributed by atoms with van der Waals surface area (Å²) in [6, 6.07) is 0.760. The van der Waals surface area contributed by atoms with E-state index in [1.165, 1.54) is 28.1 Å². The van der Waals surface area contributed by atoms with Crippen molar-refractivity contribution in [3.63, 3.8) is 0 Å². The van der Waals surface area contributed by atoms with Crippen LogP contribution in [-0.2, 0) is 4.79 Å². The largest absolute Gasteiger partial charge is 0.354 e. The number of hydrogen-bond acceptors (Lipinski definition) is 6. The lowest BCUT2D eigenvalue weighted by atomic mass is 10.2. The molecule has 1 N–H and O–H groups in total. The minimum Gasteiger partial charge on any atom is -0.354 e. The summed E-state index contributed by atoms with van der Waals surface area (Å²) in [7, 11) is 0. The van der Waals surface area contributed by atoms with E-state index in [4.69, 9.17) is 0 Å².